The molecule has 0 heterocycles. The van der Waals surface area contributed by atoms with E-state index < -0.39 is 12.6 Å². The molecule has 0 atom stereocenters. The van der Waals surface area contributed by atoms with E-state index in [1.165, 1.54) is 37.7 Å². The van der Waals surface area contributed by atoms with Crippen molar-refractivity contribution in [3.05, 3.63) is 34.9 Å². The van der Waals surface area contributed by atoms with Crippen molar-refractivity contribution < 1.29 is 18.9 Å². The molecule has 4 nitrogen and oxygen atoms in total. The molecule has 0 N–H and O–H groups in total. The lowest BCUT2D eigenvalue weighted by atomic mass is 9.70. The van der Waals surface area contributed by atoms with Gasteiger partial charge in [0.1, 0.15) is 0 Å². The average molecular weight is 322 g/mol. The molecule has 0 radical (unpaired) electrons. The number of ether oxygens (including phenoxy) is 4. The average Bonchev–Trinajstić information content (AvgIpc) is 2.58. The van der Waals surface area contributed by atoms with E-state index in [4.69, 9.17) is 18.9 Å². The van der Waals surface area contributed by atoms with Crippen LogP contribution in [0.3, 0.4) is 0 Å². The fourth-order valence-corrected chi connectivity index (χ4v) is 3.69. The fourth-order valence-electron chi connectivity index (χ4n) is 3.69. The highest BCUT2D eigenvalue weighted by Crippen LogP contribution is 2.41. The summed E-state index contributed by atoms with van der Waals surface area (Å²) in [5, 5.41) is 0. The highest BCUT2D eigenvalue weighted by atomic mass is 16.7. The molecule has 1 aromatic carbocycles. The van der Waals surface area contributed by atoms with Gasteiger partial charge in [-0.25, -0.2) is 0 Å². The summed E-state index contributed by atoms with van der Waals surface area (Å²) in [4.78, 5) is 0. The lowest BCUT2D eigenvalue weighted by Crippen LogP contribution is -2.26. The summed E-state index contributed by atoms with van der Waals surface area (Å²) >= 11 is 0. The zero-order valence-corrected chi connectivity index (χ0v) is 15.1. The Kier molecular flexibility index (Phi) is 6.60. The van der Waals surface area contributed by atoms with Crippen LogP contribution in [0.4, 0.5) is 0 Å². The molecule has 2 rings (SSSR count). The van der Waals surface area contributed by atoms with Crippen molar-refractivity contribution in [2.45, 2.75) is 57.0 Å². The minimum absolute atomic E-state index is 0.229. The van der Waals surface area contributed by atoms with Crippen LogP contribution in [0.15, 0.2) is 18.2 Å². The third kappa shape index (κ3) is 3.94. The van der Waals surface area contributed by atoms with E-state index in [0.29, 0.717) is 0 Å². The Labute approximate surface area is 140 Å². The van der Waals surface area contributed by atoms with Gasteiger partial charge in [-0.3, -0.25) is 0 Å². The molecule has 0 amide bonds. The van der Waals surface area contributed by atoms with Gasteiger partial charge in [0.25, 0.3) is 0 Å². The first-order valence-corrected chi connectivity index (χ1v) is 8.35. The van der Waals surface area contributed by atoms with Crippen LogP contribution in [0.1, 0.15) is 68.3 Å². The summed E-state index contributed by atoms with van der Waals surface area (Å²) in [6.45, 7) is 2.36. The molecule has 130 valence electrons. The molecule has 1 aliphatic rings. The van der Waals surface area contributed by atoms with Crippen LogP contribution in [0.2, 0.25) is 0 Å². The summed E-state index contributed by atoms with van der Waals surface area (Å²) in [6, 6.07) is 6.51. The van der Waals surface area contributed by atoms with Crippen molar-refractivity contribution in [2.24, 2.45) is 0 Å². The van der Waals surface area contributed by atoms with Gasteiger partial charge in [-0.05, 0) is 29.9 Å². The van der Waals surface area contributed by atoms with E-state index in [-0.39, 0.29) is 5.41 Å². The lowest BCUT2D eigenvalue weighted by molar-refractivity contribution is -0.123. The molecule has 23 heavy (non-hydrogen) atoms. The van der Waals surface area contributed by atoms with E-state index in [2.05, 4.69) is 25.1 Å². The van der Waals surface area contributed by atoms with Gasteiger partial charge in [0, 0.05) is 39.6 Å². The number of benzene rings is 1. The monoisotopic (exact) mass is 322 g/mol. The molecule has 1 saturated carbocycles. The van der Waals surface area contributed by atoms with Gasteiger partial charge >= 0.3 is 0 Å². The maximum Gasteiger partial charge on any atom is 0.183 e. The van der Waals surface area contributed by atoms with Gasteiger partial charge in [0.2, 0.25) is 0 Å². The molecule has 4 heteroatoms. The van der Waals surface area contributed by atoms with Crippen molar-refractivity contribution >= 4 is 0 Å². The first-order chi connectivity index (χ1) is 11.1. The maximum atomic E-state index is 5.51. The summed E-state index contributed by atoms with van der Waals surface area (Å²) in [7, 11) is 6.59. The molecule has 0 unspecified atom stereocenters. The Balaban J connectivity index is 2.46. The predicted molar refractivity (Wildman–Crippen MR) is 90.4 cm³/mol. The van der Waals surface area contributed by atoms with Crippen molar-refractivity contribution in [3.63, 3.8) is 0 Å². The van der Waals surface area contributed by atoms with Crippen molar-refractivity contribution in [1.82, 2.24) is 0 Å². The Hall–Kier alpha value is -0.940. The molecular weight excluding hydrogens is 292 g/mol. The van der Waals surface area contributed by atoms with Crippen molar-refractivity contribution in [1.29, 1.82) is 0 Å². The molecule has 1 aliphatic carbocycles. The predicted octanol–water partition coefficient (Wildman–Crippen LogP) is 4.49. The maximum absolute atomic E-state index is 5.51. The van der Waals surface area contributed by atoms with Crippen molar-refractivity contribution in [2.75, 3.05) is 28.4 Å². The Morgan fingerprint density at radius 2 is 1.30 bits per heavy atom. The molecule has 0 spiro atoms. The number of hydrogen-bond acceptors (Lipinski definition) is 4. The molecule has 1 fully saturated rings. The SMILES string of the molecule is COC(OC)c1ccc(C2(C)CCCCC2)cc1C(OC)OC. The van der Waals surface area contributed by atoms with Crippen molar-refractivity contribution in [3.8, 4) is 0 Å². The topological polar surface area (TPSA) is 36.9 Å². The normalized spacial score (nSPS) is 17.9. The van der Waals surface area contributed by atoms with E-state index in [9.17, 15) is 0 Å². The van der Waals surface area contributed by atoms with Gasteiger partial charge in [0.05, 0.1) is 0 Å². The highest BCUT2D eigenvalue weighted by molar-refractivity contribution is 5.38. The van der Waals surface area contributed by atoms with Crippen LogP contribution in [0.5, 0.6) is 0 Å². The molecule has 0 aliphatic heterocycles. The van der Waals surface area contributed by atoms with Gasteiger partial charge in [-0.2, -0.15) is 0 Å². The number of methoxy groups -OCH3 is 4. The minimum Gasteiger partial charge on any atom is -0.352 e. The molecule has 0 bridgehead atoms. The minimum atomic E-state index is -0.426. The standard InChI is InChI=1S/C19H30O4/c1-19(11-7-6-8-12-19)14-9-10-15(17(20-2)21-3)16(13-14)18(22-4)23-5/h9-10,13,17-18H,6-8,11-12H2,1-5H3. The van der Waals surface area contributed by atoms with Crippen LogP contribution < -0.4 is 0 Å². The third-order valence-electron chi connectivity index (χ3n) is 5.10. The smallest absolute Gasteiger partial charge is 0.183 e. The van der Waals surface area contributed by atoms with E-state index in [1.54, 1.807) is 28.4 Å². The van der Waals surface area contributed by atoms with Crippen LogP contribution in [-0.4, -0.2) is 28.4 Å². The summed E-state index contributed by atoms with van der Waals surface area (Å²) < 4.78 is 21.9. The molecule has 0 saturated heterocycles. The van der Waals surface area contributed by atoms with Crippen LogP contribution in [-0.2, 0) is 24.4 Å². The Bertz CT molecular complexity index is 486. The highest BCUT2D eigenvalue weighted by Gasteiger charge is 2.31. The van der Waals surface area contributed by atoms with E-state index in [1.807, 2.05) is 0 Å². The fraction of sp³-hybridized carbons (Fsp3) is 0.684. The Morgan fingerprint density at radius 1 is 0.783 bits per heavy atom. The first kappa shape index (κ1) is 18.4. The van der Waals surface area contributed by atoms with E-state index >= 15 is 0 Å². The largest absolute Gasteiger partial charge is 0.352 e. The second-order valence-electron chi connectivity index (χ2n) is 6.57. The second kappa shape index (κ2) is 8.25. The van der Waals surface area contributed by atoms with E-state index in [0.717, 1.165) is 11.1 Å². The summed E-state index contributed by atoms with van der Waals surface area (Å²) in [5.41, 5.74) is 3.51. The first-order valence-electron chi connectivity index (χ1n) is 8.35. The summed E-state index contributed by atoms with van der Waals surface area (Å²) in [6.07, 6.45) is 5.54. The molecule has 1 aromatic rings. The quantitative estimate of drug-likeness (QED) is 0.693. The zero-order valence-electron chi connectivity index (χ0n) is 15.1. The van der Waals surface area contributed by atoms with Gasteiger partial charge in [0.15, 0.2) is 12.6 Å². The van der Waals surface area contributed by atoms with Gasteiger partial charge in [-0.15, -0.1) is 0 Å². The second-order valence-corrected chi connectivity index (χ2v) is 6.57. The molecule has 0 aromatic heterocycles. The van der Waals surface area contributed by atoms with Gasteiger partial charge < -0.3 is 18.9 Å². The van der Waals surface area contributed by atoms with Gasteiger partial charge in [-0.1, -0.05) is 38.3 Å². The Morgan fingerprint density at radius 3 is 1.83 bits per heavy atom. The summed E-state index contributed by atoms with van der Waals surface area (Å²) in [5.74, 6) is 0. The lowest BCUT2D eigenvalue weighted by Gasteiger charge is -2.35. The van der Waals surface area contributed by atoms with Crippen LogP contribution in [0.25, 0.3) is 0 Å². The number of rotatable bonds is 7. The third-order valence-corrected chi connectivity index (χ3v) is 5.10. The van der Waals surface area contributed by atoms with Crippen LogP contribution in [0, 0.1) is 0 Å². The molecular formula is C19H30O4. The zero-order chi connectivity index (χ0) is 16.9. The number of hydrogen-bond donors (Lipinski definition) is 0. The van der Waals surface area contributed by atoms with Crippen LogP contribution >= 0.6 is 0 Å².